The zero-order valence-electron chi connectivity index (χ0n) is 16.0. The number of pyridine rings is 1. The van der Waals surface area contributed by atoms with Crippen LogP contribution in [-0.4, -0.2) is 55.3 Å². The van der Waals surface area contributed by atoms with Crippen LogP contribution in [0.5, 0.6) is 0 Å². The minimum Gasteiger partial charge on any atom is -0.381 e. The number of hydrogen-bond donors (Lipinski definition) is 1. The lowest BCUT2D eigenvalue weighted by Crippen LogP contribution is -2.47. The molecule has 0 radical (unpaired) electrons. The summed E-state index contributed by atoms with van der Waals surface area (Å²) in [6, 6.07) is 9.33. The molecule has 9 heteroatoms. The molecule has 1 aromatic carbocycles. The molecular formula is C20H23ClN4O3S. The summed E-state index contributed by atoms with van der Waals surface area (Å²) in [6.07, 6.45) is 2.54. The number of sulfonamides is 1. The van der Waals surface area contributed by atoms with E-state index in [0.717, 1.165) is 5.39 Å². The summed E-state index contributed by atoms with van der Waals surface area (Å²) in [5, 5.41) is 13.8. The average Bonchev–Trinajstić information content (AvgIpc) is 2.74. The molecule has 0 bridgehead atoms. The van der Waals surface area contributed by atoms with Crippen LogP contribution in [0, 0.1) is 11.3 Å². The Labute approximate surface area is 175 Å². The maximum Gasteiger partial charge on any atom is 0.217 e. The lowest BCUT2D eigenvalue weighted by atomic mass is 10.1. The van der Waals surface area contributed by atoms with Crippen molar-refractivity contribution in [3.63, 3.8) is 0 Å². The summed E-state index contributed by atoms with van der Waals surface area (Å²) < 4.78 is 32.6. The number of nitriles is 1. The molecular weight excluding hydrogens is 412 g/mol. The molecule has 2 aliphatic heterocycles. The number of anilines is 1. The Balaban J connectivity index is 1.43. The zero-order valence-corrected chi connectivity index (χ0v) is 17.5. The van der Waals surface area contributed by atoms with Crippen LogP contribution in [0.2, 0.25) is 5.02 Å². The first kappa shape index (κ1) is 20.4. The lowest BCUT2D eigenvalue weighted by molar-refractivity contribution is 0.0969. The molecule has 2 aliphatic rings. The van der Waals surface area contributed by atoms with Gasteiger partial charge in [0.1, 0.15) is 5.82 Å². The molecule has 0 atom stereocenters. The lowest BCUT2D eigenvalue weighted by Gasteiger charge is -2.35. The van der Waals surface area contributed by atoms with Crippen molar-refractivity contribution in [3.05, 3.63) is 34.9 Å². The van der Waals surface area contributed by atoms with Gasteiger partial charge >= 0.3 is 0 Å². The Kier molecular flexibility index (Phi) is 5.93. The van der Waals surface area contributed by atoms with Crippen LogP contribution in [0.4, 0.5) is 5.82 Å². The fraction of sp³-hybridized carbons (Fsp3) is 0.500. The summed E-state index contributed by atoms with van der Waals surface area (Å²) in [6.45, 7) is 2.02. The highest BCUT2D eigenvalue weighted by atomic mass is 35.5. The molecule has 4 rings (SSSR count). The van der Waals surface area contributed by atoms with Gasteiger partial charge in [-0.3, -0.25) is 0 Å². The first-order valence-electron chi connectivity index (χ1n) is 9.81. The summed E-state index contributed by atoms with van der Waals surface area (Å²) in [5.74, 6) is 0.627. The molecule has 0 unspecified atom stereocenters. The molecule has 2 saturated heterocycles. The molecule has 2 aromatic rings. The molecule has 154 valence electrons. The van der Waals surface area contributed by atoms with Crippen molar-refractivity contribution < 1.29 is 13.2 Å². The Hall–Kier alpha value is -1.92. The molecule has 3 heterocycles. The van der Waals surface area contributed by atoms with E-state index in [1.165, 1.54) is 0 Å². The van der Waals surface area contributed by atoms with Crippen LogP contribution in [0.1, 0.15) is 31.2 Å². The van der Waals surface area contributed by atoms with Crippen molar-refractivity contribution in [2.45, 2.75) is 37.0 Å². The Bertz CT molecular complexity index is 1040. The Morgan fingerprint density at radius 1 is 1.17 bits per heavy atom. The van der Waals surface area contributed by atoms with Crippen LogP contribution in [0.25, 0.3) is 10.9 Å². The van der Waals surface area contributed by atoms with Crippen LogP contribution >= 0.6 is 11.6 Å². The van der Waals surface area contributed by atoms with E-state index >= 15 is 0 Å². The van der Waals surface area contributed by atoms with E-state index in [1.807, 2.05) is 0 Å². The van der Waals surface area contributed by atoms with Gasteiger partial charge < -0.3 is 10.1 Å². The van der Waals surface area contributed by atoms with Crippen LogP contribution in [0.15, 0.2) is 24.3 Å². The second-order valence-electron chi connectivity index (χ2n) is 7.50. The summed E-state index contributed by atoms with van der Waals surface area (Å²) in [5.41, 5.74) is 1.22. The van der Waals surface area contributed by atoms with Crippen molar-refractivity contribution in [3.8, 4) is 6.07 Å². The first-order chi connectivity index (χ1) is 14.0. The molecule has 2 fully saturated rings. The van der Waals surface area contributed by atoms with Gasteiger partial charge in [-0.1, -0.05) is 11.6 Å². The minimum atomic E-state index is -3.27. The van der Waals surface area contributed by atoms with Gasteiger partial charge in [0, 0.05) is 42.8 Å². The monoisotopic (exact) mass is 434 g/mol. The van der Waals surface area contributed by atoms with Crippen molar-refractivity contribution in [1.82, 2.24) is 9.29 Å². The molecule has 0 aliphatic carbocycles. The summed E-state index contributed by atoms with van der Waals surface area (Å²) >= 11 is 6.04. The third kappa shape index (κ3) is 4.33. The molecule has 29 heavy (non-hydrogen) atoms. The second-order valence-corrected chi connectivity index (χ2v) is 10.2. The van der Waals surface area contributed by atoms with Crippen molar-refractivity contribution in [1.29, 1.82) is 5.26 Å². The smallest absolute Gasteiger partial charge is 0.217 e. The molecule has 1 N–H and O–H groups in total. The fourth-order valence-electron chi connectivity index (χ4n) is 4.01. The van der Waals surface area contributed by atoms with E-state index < -0.39 is 10.0 Å². The number of benzene rings is 1. The molecule has 0 amide bonds. The summed E-state index contributed by atoms with van der Waals surface area (Å²) in [7, 11) is -3.27. The van der Waals surface area contributed by atoms with Crippen molar-refractivity contribution >= 4 is 38.3 Å². The number of piperidine rings is 1. The Morgan fingerprint density at radius 2 is 1.90 bits per heavy atom. The van der Waals surface area contributed by atoms with Gasteiger partial charge in [-0.25, -0.2) is 17.7 Å². The Morgan fingerprint density at radius 3 is 2.59 bits per heavy atom. The van der Waals surface area contributed by atoms with Gasteiger partial charge in [0.25, 0.3) is 0 Å². The maximum absolute atomic E-state index is 12.9. The number of nitrogens with zero attached hydrogens (tertiary/aromatic N) is 3. The average molecular weight is 435 g/mol. The number of fused-ring (bicyclic) bond motifs is 1. The number of nitrogens with one attached hydrogen (secondary N) is 1. The van der Waals surface area contributed by atoms with E-state index in [0.29, 0.717) is 73.9 Å². The van der Waals surface area contributed by atoms with Crippen molar-refractivity contribution in [2.75, 3.05) is 31.6 Å². The van der Waals surface area contributed by atoms with E-state index in [2.05, 4.69) is 16.4 Å². The van der Waals surface area contributed by atoms with Gasteiger partial charge in [-0.15, -0.1) is 0 Å². The van der Waals surface area contributed by atoms with E-state index in [4.69, 9.17) is 16.3 Å². The minimum absolute atomic E-state index is 0.111. The van der Waals surface area contributed by atoms with E-state index in [9.17, 15) is 13.7 Å². The molecule has 0 saturated carbocycles. The maximum atomic E-state index is 12.9. The number of ether oxygens (including phenoxy) is 1. The fourth-order valence-corrected chi connectivity index (χ4v) is 6.11. The number of halogens is 1. The van der Waals surface area contributed by atoms with Crippen LogP contribution in [-0.2, 0) is 14.8 Å². The number of rotatable bonds is 4. The highest BCUT2D eigenvalue weighted by Gasteiger charge is 2.35. The van der Waals surface area contributed by atoms with Crippen molar-refractivity contribution in [2.24, 2.45) is 0 Å². The molecule has 0 spiro atoms. The first-order valence-corrected chi connectivity index (χ1v) is 11.7. The largest absolute Gasteiger partial charge is 0.381 e. The van der Waals surface area contributed by atoms with Gasteiger partial charge in [-0.05, 0) is 49.9 Å². The predicted octanol–water partition coefficient (Wildman–Crippen LogP) is 3.14. The molecule has 1 aromatic heterocycles. The number of hydrogen-bond acceptors (Lipinski definition) is 6. The van der Waals surface area contributed by atoms with E-state index in [-0.39, 0.29) is 11.3 Å². The highest BCUT2D eigenvalue weighted by Crippen LogP contribution is 2.27. The quantitative estimate of drug-likeness (QED) is 0.794. The van der Waals surface area contributed by atoms with Gasteiger partial charge in [0.05, 0.1) is 22.4 Å². The zero-order chi connectivity index (χ0) is 20.4. The topological polar surface area (TPSA) is 95.3 Å². The normalized spacial score (nSPS) is 19.9. The second kappa shape index (κ2) is 8.44. The number of aromatic nitrogens is 1. The standard InChI is InChI=1S/C20H23ClN4O3S/c21-15-1-2-19-18(12-15)14(13-22)11-20(24-19)23-16-3-7-25(8-4-16)29(26,27)17-5-9-28-10-6-17/h1-2,11-12,16-17H,3-10H2,(H,23,24). The van der Waals surface area contributed by atoms with Gasteiger partial charge in [0.2, 0.25) is 10.0 Å². The molecule has 7 nitrogen and oxygen atoms in total. The van der Waals surface area contributed by atoms with Crippen LogP contribution in [0.3, 0.4) is 0 Å². The van der Waals surface area contributed by atoms with Crippen LogP contribution < -0.4 is 5.32 Å². The third-order valence-corrected chi connectivity index (χ3v) is 8.28. The highest BCUT2D eigenvalue weighted by molar-refractivity contribution is 7.89. The van der Waals surface area contributed by atoms with E-state index in [1.54, 1.807) is 28.6 Å². The third-order valence-electron chi connectivity index (χ3n) is 5.65. The van der Waals surface area contributed by atoms with Gasteiger partial charge in [0.15, 0.2) is 0 Å². The summed E-state index contributed by atoms with van der Waals surface area (Å²) in [4.78, 5) is 4.59. The predicted molar refractivity (Wildman–Crippen MR) is 112 cm³/mol. The SMILES string of the molecule is N#Cc1cc(NC2CCN(S(=O)(=O)C3CCOCC3)CC2)nc2ccc(Cl)cc12. The van der Waals surface area contributed by atoms with Gasteiger partial charge in [-0.2, -0.15) is 5.26 Å².